The minimum atomic E-state index is -3.75. The van der Waals surface area contributed by atoms with Gasteiger partial charge in [0.05, 0.1) is 19.1 Å². The number of ether oxygens (including phenoxy) is 1. The van der Waals surface area contributed by atoms with Crippen LogP contribution in [0.15, 0.2) is 48.5 Å². The van der Waals surface area contributed by atoms with E-state index in [0.29, 0.717) is 17.9 Å². The molecule has 1 atom stereocenters. The zero-order valence-corrected chi connectivity index (χ0v) is 23.8. The fourth-order valence-electron chi connectivity index (χ4n) is 4.90. The lowest BCUT2D eigenvalue weighted by Crippen LogP contribution is -2.53. The Balaban J connectivity index is 1.90. The van der Waals surface area contributed by atoms with Crippen molar-refractivity contribution in [3.63, 3.8) is 0 Å². The number of hydrogen-bond acceptors (Lipinski definition) is 5. The Bertz CT molecular complexity index is 1160. The summed E-state index contributed by atoms with van der Waals surface area (Å²) < 4.78 is 31.9. The summed E-state index contributed by atoms with van der Waals surface area (Å²) in [6.07, 6.45) is 7.52. The minimum Gasteiger partial charge on any atom is -0.497 e. The first-order chi connectivity index (χ1) is 18.2. The van der Waals surface area contributed by atoms with Gasteiger partial charge in [-0.15, -0.1) is 0 Å². The summed E-state index contributed by atoms with van der Waals surface area (Å²) in [5.41, 5.74) is 2.31. The maximum atomic E-state index is 13.8. The first-order valence-corrected chi connectivity index (χ1v) is 15.3. The molecule has 0 spiro atoms. The molecule has 1 aliphatic rings. The van der Waals surface area contributed by atoms with Crippen LogP contribution in [0, 0.1) is 0 Å². The maximum absolute atomic E-state index is 13.8. The Kier molecular flexibility index (Phi) is 10.6. The first kappa shape index (κ1) is 29.5. The molecule has 1 N–H and O–H groups in total. The molecule has 8 nitrogen and oxygen atoms in total. The van der Waals surface area contributed by atoms with Crippen molar-refractivity contribution in [1.82, 2.24) is 10.2 Å². The number of aryl methyl sites for hydroxylation is 1. The number of nitrogens with one attached hydrogen (secondary N) is 1. The number of amides is 2. The van der Waals surface area contributed by atoms with E-state index in [1.807, 2.05) is 38.1 Å². The van der Waals surface area contributed by atoms with E-state index in [0.717, 1.165) is 53.8 Å². The zero-order chi connectivity index (χ0) is 27.7. The number of benzene rings is 2. The molecule has 1 fully saturated rings. The lowest BCUT2D eigenvalue weighted by molar-refractivity contribution is -0.140. The summed E-state index contributed by atoms with van der Waals surface area (Å²) in [6, 6.07) is 13.8. The number of nitrogens with zero attached hydrogens (tertiary/aromatic N) is 2. The average Bonchev–Trinajstić information content (AvgIpc) is 2.92. The van der Waals surface area contributed by atoms with Gasteiger partial charge in [-0.3, -0.25) is 13.9 Å². The Morgan fingerprint density at radius 2 is 1.58 bits per heavy atom. The van der Waals surface area contributed by atoms with E-state index in [9.17, 15) is 18.0 Å². The van der Waals surface area contributed by atoms with Crippen LogP contribution in [0.3, 0.4) is 0 Å². The monoisotopic (exact) mass is 543 g/mol. The predicted octanol–water partition coefficient (Wildman–Crippen LogP) is 4.28. The molecular formula is C29H41N3O5S. The molecule has 2 aromatic rings. The van der Waals surface area contributed by atoms with Crippen LogP contribution in [0.25, 0.3) is 0 Å². The van der Waals surface area contributed by atoms with Crippen LogP contribution in [0.5, 0.6) is 5.75 Å². The van der Waals surface area contributed by atoms with Crippen LogP contribution in [0.4, 0.5) is 5.69 Å². The number of anilines is 1. The van der Waals surface area contributed by atoms with Crippen molar-refractivity contribution < 1.29 is 22.7 Å². The molecule has 0 aliphatic heterocycles. The third-order valence-corrected chi connectivity index (χ3v) is 8.30. The molecule has 0 bridgehead atoms. The van der Waals surface area contributed by atoms with Crippen molar-refractivity contribution in [2.45, 2.75) is 77.4 Å². The summed E-state index contributed by atoms with van der Waals surface area (Å²) in [5, 5.41) is 3.15. The highest BCUT2D eigenvalue weighted by molar-refractivity contribution is 7.92. The zero-order valence-electron chi connectivity index (χ0n) is 23.0. The Morgan fingerprint density at radius 3 is 2.11 bits per heavy atom. The molecule has 1 saturated carbocycles. The molecular weight excluding hydrogens is 502 g/mol. The van der Waals surface area contributed by atoms with Gasteiger partial charge in [0.1, 0.15) is 18.3 Å². The summed E-state index contributed by atoms with van der Waals surface area (Å²) >= 11 is 0. The number of sulfonamides is 1. The predicted molar refractivity (Wildman–Crippen MR) is 151 cm³/mol. The number of hydrogen-bond donors (Lipinski definition) is 1. The SMILES string of the molecule is CCc1ccc(N(CC(=O)N(Cc2ccc(OC)cc2)[C@H](CC)C(=O)NC2CCCCC2)S(C)(=O)=O)cc1. The van der Waals surface area contributed by atoms with Gasteiger partial charge in [-0.25, -0.2) is 8.42 Å². The quantitative estimate of drug-likeness (QED) is 0.431. The first-order valence-electron chi connectivity index (χ1n) is 13.5. The van der Waals surface area contributed by atoms with Gasteiger partial charge in [0, 0.05) is 12.6 Å². The molecule has 2 amide bonds. The van der Waals surface area contributed by atoms with Crippen molar-refractivity contribution in [3.8, 4) is 5.75 Å². The number of methoxy groups -OCH3 is 1. The standard InChI is InChI=1S/C29H41N3O5S/c1-5-22-12-16-25(17-13-22)32(38(4,35)36)21-28(33)31(20-23-14-18-26(37-3)19-15-23)27(6-2)29(34)30-24-10-8-7-9-11-24/h12-19,24,27H,5-11,20-21H2,1-4H3,(H,30,34)/t27-/m1/s1. The van der Waals surface area contributed by atoms with Gasteiger partial charge in [0.2, 0.25) is 21.8 Å². The van der Waals surface area contributed by atoms with E-state index in [1.165, 1.54) is 11.3 Å². The highest BCUT2D eigenvalue weighted by Crippen LogP contribution is 2.22. The van der Waals surface area contributed by atoms with Crippen molar-refractivity contribution in [2.75, 3.05) is 24.2 Å². The van der Waals surface area contributed by atoms with Crippen LogP contribution >= 0.6 is 0 Å². The molecule has 1 aliphatic carbocycles. The molecule has 0 saturated heterocycles. The fourth-order valence-corrected chi connectivity index (χ4v) is 5.75. The van der Waals surface area contributed by atoms with Crippen LogP contribution < -0.4 is 14.4 Å². The smallest absolute Gasteiger partial charge is 0.244 e. The van der Waals surface area contributed by atoms with Crippen molar-refractivity contribution in [3.05, 3.63) is 59.7 Å². The Hall–Kier alpha value is -3.07. The lowest BCUT2D eigenvalue weighted by atomic mass is 9.95. The molecule has 0 radical (unpaired) electrons. The van der Waals surface area contributed by atoms with E-state index in [-0.39, 0.29) is 18.5 Å². The lowest BCUT2D eigenvalue weighted by Gasteiger charge is -2.34. The molecule has 0 heterocycles. The van der Waals surface area contributed by atoms with E-state index in [4.69, 9.17) is 4.74 Å². The molecule has 0 unspecified atom stereocenters. The fraction of sp³-hybridized carbons (Fsp3) is 0.517. The third kappa shape index (κ3) is 7.96. The summed E-state index contributed by atoms with van der Waals surface area (Å²) in [5.74, 6) is 0.0587. The number of carbonyl (C=O) groups is 2. The van der Waals surface area contributed by atoms with Gasteiger partial charge in [0.15, 0.2) is 0 Å². The van der Waals surface area contributed by atoms with Gasteiger partial charge in [0.25, 0.3) is 0 Å². The van der Waals surface area contributed by atoms with E-state index in [1.54, 1.807) is 31.4 Å². The van der Waals surface area contributed by atoms with Crippen molar-refractivity contribution >= 4 is 27.5 Å². The second-order valence-corrected chi connectivity index (χ2v) is 11.8. The van der Waals surface area contributed by atoms with E-state index in [2.05, 4.69) is 5.32 Å². The van der Waals surface area contributed by atoms with Gasteiger partial charge in [-0.1, -0.05) is 57.4 Å². The van der Waals surface area contributed by atoms with Gasteiger partial charge in [-0.05, 0) is 61.1 Å². The highest BCUT2D eigenvalue weighted by atomic mass is 32.2. The molecule has 208 valence electrons. The minimum absolute atomic E-state index is 0.104. The summed E-state index contributed by atoms with van der Waals surface area (Å²) in [4.78, 5) is 28.8. The van der Waals surface area contributed by atoms with Crippen LogP contribution in [-0.4, -0.2) is 57.1 Å². The summed E-state index contributed by atoms with van der Waals surface area (Å²) in [6.45, 7) is 3.67. The van der Waals surface area contributed by atoms with Gasteiger partial charge in [-0.2, -0.15) is 0 Å². The second-order valence-electron chi connectivity index (χ2n) is 9.93. The molecule has 0 aromatic heterocycles. The average molecular weight is 544 g/mol. The summed E-state index contributed by atoms with van der Waals surface area (Å²) in [7, 11) is -2.17. The molecule has 3 rings (SSSR count). The maximum Gasteiger partial charge on any atom is 0.244 e. The number of rotatable bonds is 12. The van der Waals surface area contributed by atoms with Crippen LogP contribution in [0.1, 0.15) is 63.5 Å². The second kappa shape index (κ2) is 13.6. The number of carbonyl (C=O) groups excluding carboxylic acids is 2. The van der Waals surface area contributed by atoms with Crippen LogP contribution in [-0.2, 0) is 32.6 Å². The topological polar surface area (TPSA) is 96.0 Å². The molecule has 9 heteroatoms. The van der Waals surface area contributed by atoms with Crippen molar-refractivity contribution in [2.24, 2.45) is 0 Å². The molecule has 38 heavy (non-hydrogen) atoms. The Morgan fingerprint density at radius 1 is 0.974 bits per heavy atom. The van der Waals surface area contributed by atoms with Crippen LogP contribution in [0.2, 0.25) is 0 Å². The normalized spacial score (nSPS) is 14.9. The van der Waals surface area contributed by atoms with E-state index >= 15 is 0 Å². The van der Waals surface area contributed by atoms with E-state index < -0.39 is 28.5 Å². The van der Waals surface area contributed by atoms with Crippen molar-refractivity contribution in [1.29, 1.82) is 0 Å². The largest absolute Gasteiger partial charge is 0.497 e. The van der Waals surface area contributed by atoms with Gasteiger partial charge >= 0.3 is 0 Å². The van der Waals surface area contributed by atoms with Gasteiger partial charge < -0.3 is 15.0 Å². The Labute approximate surface area is 227 Å². The highest BCUT2D eigenvalue weighted by Gasteiger charge is 2.32. The molecule has 2 aromatic carbocycles. The third-order valence-electron chi connectivity index (χ3n) is 7.16.